The van der Waals surface area contributed by atoms with Crippen LogP contribution in [-0.4, -0.2) is 11.0 Å². The molecule has 0 aliphatic heterocycles. The van der Waals surface area contributed by atoms with Crippen LogP contribution in [0.4, 0.5) is 0 Å². The van der Waals surface area contributed by atoms with Crippen molar-refractivity contribution in [2.75, 3.05) is 0 Å². The zero-order valence-corrected chi connectivity index (χ0v) is 9.09. The molecule has 84 valence electrons. The van der Waals surface area contributed by atoms with Crippen molar-refractivity contribution in [3.05, 3.63) is 36.5 Å². The Morgan fingerprint density at radius 1 is 1.41 bits per heavy atom. The summed E-state index contributed by atoms with van der Waals surface area (Å²) in [6.45, 7) is 0. The number of nitrogens with zero attached hydrogens (tertiary/aromatic N) is 2. The maximum absolute atomic E-state index is 11.3. The van der Waals surface area contributed by atoms with Crippen LogP contribution in [0.2, 0.25) is 0 Å². The van der Waals surface area contributed by atoms with Gasteiger partial charge in [0.05, 0.1) is 18.0 Å². The monoisotopic (exact) mass is 226 g/mol. The lowest BCUT2D eigenvalue weighted by molar-refractivity contribution is -0.134. The second kappa shape index (κ2) is 5.08. The Bertz CT molecular complexity index is 587. The lowest BCUT2D eigenvalue weighted by Crippen LogP contribution is -2.06. The normalized spacial score (nSPS) is 9.82. The summed E-state index contributed by atoms with van der Waals surface area (Å²) in [6.07, 6.45) is 2.00. The Morgan fingerprint density at radius 3 is 3.12 bits per heavy atom. The van der Waals surface area contributed by atoms with E-state index in [-0.39, 0.29) is 12.8 Å². The second-order valence-corrected chi connectivity index (χ2v) is 3.49. The third kappa shape index (κ3) is 2.79. The molecule has 1 aromatic carbocycles. The number of rotatable bonds is 3. The zero-order valence-electron chi connectivity index (χ0n) is 9.09. The molecule has 0 aliphatic rings. The van der Waals surface area contributed by atoms with E-state index in [2.05, 4.69) is 4.98 Å². The summed E-state index contributed by atoms with van der Waals surface area (Å²) in [5.74, 6) is 0.0863. The molecule has 0 atom stereocenters. The minimum absolute atomic E-state index is 0.113. The van der Waals surface area contributed by atoms with E-state index in [9.17, 15) is 4.79 Å². The predicted octanol–water partition coefficient (Wildman–Crippen LogP) is 2.44. The molecule has 0 spiro atoms. The molecule has 0 amide bonds. The summed E-state index contributed by atoms with van der Waals surface area (Å²) >= 11 is 0. The van der Waals surface area contributed by atoms with Crippen molar-refractivity contribution in [3.63, 3.8) is 0 Å². The number of esters is 1. The standard InChI is InChI=1S/C13H10N2O2/c14-7-1-4-13(16)17-11-5-6-12-10(9-11)3-2-8-15-12/h2-3,5-6,8-9H,1,4H2. The minimum atomic E-state index is -0.394. The largest absolute Gasteiger partial charge is 0.426 e. The van der Waals surface area contributed by atoms with Gasteiger partial charge in [0.2, 0.25) is 0 Å². The van der Waals surface area contributed by atoms with Crippen molar-refractivity contribution in [1.82, 2.24) is 4.98 Å². The molecular weight excluding hydrogens is 216 g/mol. The Morgan fingerprint density at radius 2 is 2.29 bits per heavy atom. The van der Waals surface area contributed by atoms with Crippen LogP contribution < -0.4 is 4.74 Å². The summed E-state index contributed by atoms with van der Waals surface area (Å²) < 4.78 is 5.11. The van der Waals surface area contributed by atoms with Crippen LogP contribution in [0, 0.1) is 11.3 Å². The molecule has 17 heavy (non-hydrogen) atoms. The number of hydrogen-bond acceptors (Lipinski definition) is 4. The SMILES string of the molecule is N#CCCC(=O)Oc1ccc2ncccc2c1. The van der Waals surface area contributed by atoms with Crippen molar-refractivity contribution in [2.45, 2.75) is 12.8 Å². The highest BCUT2D eigenvalue weighted by Gasteiger charge is 2.05. The van der Waals surface area contributed by atoms with Crippen LogP contribution >= 0.6 is 0 Å². The zero-order chi connectivity index (χ0) is 12.1. The summed E-state index contributed by atoms with van der Waals surface area (Å²) in [5, 5.41) is 9.27. The molecule has 2 aromatic rings. The lowest BCUT2D eigenvalue weighted by Gasteiger charge is -2.03. The molecule has 1 heterocycles. The Balaban J connectivity index is 2.14. The van der Waals surface area contributed by atoms with Gasteiger partial charge in [0.25, 0.3) is 0 Å². The van der Waals surface area contributed by atoms with Crippen molar-refractivity contribution >= 4 is 16.9 Å². The van der Waals surface area contributed by atoms with Gasteiger partial charge in [-0.15, -0.1) is 0 Å². The van der Waals surface area contributed by atoms with Crippen molar-refractivity contribution in [3.8, 4) is 11.8 Å². The van der Waals surface area contributed by atoms with Gasteiger partial charge in [0.15, 0.2) is 0 Å². The van der Waals surface area contributed by atoms with Gasteiger partial charge in [-0.2, -0.15) is 5.26 Å². The molecule has 4 heteroatoms. The molecule has 0 saturated heterocycles. The Labute approximate surface area is 98.5 Å². The van der Waals surface area contributed by atoms with Gasteiger partial charge in [-0.05, 0) is 24.3 Å². The van der Waals surface area contributed by atoms with Crippen LogP contribution in [0.5, 0.6) is 5.75 Å². The topological polar surface area (TPSA) is 63.0 Å². The number of nitriles is 1. The summed E-state index contributed by atoms with van der Waals surface area (Å²) in [4.78, 5) is 15.5. The van der Waals surface area contributed by atoms with Gasteiger partial charge in [0, 0.05) is 18.0 Å². The van der Waals surface area contributed by atoms with E-state index in [1.54, 1.807) is 24.4 Å². The third-order valence-electron chi connectivity index (χ3n) is 2.25. The molecule has 0 saturated carbocycles. The molecule has 0 fully saturated rings. The summed E-state index contributed by atoms with van der Waals surface area (Å²) in [7, 11) is 0. The average Bonchev–Trinajstić information content (AvgIpc) is 2.36. The van der Waals surface area contributed by atoms with Crippen molar-refractivity contribution in [1.29, 1.82) is 5.26 Å². The molecule has 0 bridgehead atoms. The van der Waals surface area contributed by atoms with E-state index in [4.69, 9.17) is 10.00 Å². The molecule has 0 unspecified atom stereocenters. The second-order valence-electron chi connectivity index (χ2n) is 3.49. The number of pyridine rings is 1. The fourth-order valence-electron chi connectivity index (χ4n) is 1.46. The number of hydrogen-bond donors (Lipinski definition) is 0. The highest BCUT2D eigenvalue weighted by Crippen LogP contribution is 2.19. The first kappa shape index (κ1) is 11.1. The van der Waals surface area contributed by atoms with Gasteiger partial charge in [-0.3, -0.25) is 9.78 Å². The number of carbonyl (C=O) groups is 1. The van der Waals surface area contributed by atoms with Crippen LogP contribution in [0.3, 0.4) is 0 Å². The number of carbonyl (C=O) groups excluding carboxylic acids is 1. The van der Waals surface area contributed by atoms with Crippen LogP contribution in [0.15, 0.2) is 36.5 Å². The summed E-state index contributed by atoms with van der Waals surface area (Å²) in [6, 6.07) is 10.9. The van der Waals surface area contributed by atoms with E-state index in [1.807, 2.05) is 18.2 Å². The van der Waals surface area contributed by atoms with Gasteiger partial charge >= 0.3 is 5.97 Å². The predicted molar refractivity (Wildman–Crippen MR) is 62.2 cm³/mol. The Hall–Kier alpha value is -2.41. The molecular formula is C13H10N2O2. The quantitative estimate of drug-likeness (QED) is 0.595. The lowest BCUT2D eigenvalue weighted by atomic mass is 10.2. The van der Waals surface area contributed by atoms with Gasteiger partial charge in [-0.1, -0.05) is 6.07 Å². The number of fused-ring (bicyclic) bond motifs is 1. The number of aromatic nitrogens is 1. The minimum Gasteiger partial charge on any atom is -0.426 e. The van der Waals surface area contributed by atoms with E-state index in [0.29, 0.717) is 5.75 Å². The fourth-order valence-corrected chi connectivity index (χ4v) is 1.46. The third-order valence-corrected chi connectivity index (χ3v) is 2.25. The van der Waals surface area contributed by atoms with Crippen molar-refractivity contribution in [2.24, 2.45) is 0 Å². The smallest absolute Gasteiger partial charge is 0.312 e. The van der Waals surface area contributed by atoms with Crippen molar-refractivity contribution < 1.29 is 9.53 Å². The first-order valence-corrected chi connectivity index (χ1v) is 5.22. The molecule has 1 aromatic heterocycles. The molecule has 0 radical (unpaired) electrons. The highest BCUT2D eigenvalue weighted by molar-refractivity contribution is 5.81. The van der Waals surface area contributed by atoms with E-state index >= 15 is 0 Å². The highest BCUT2D eigenvalue weighted by atomic mass is 16.5. The maximum atomic E-state index is 11.3. The molecule has 4 nitrogen and oxygen atoms in total. The van der Waals surface area contributed by atoms with Gasteiger partial charge in [-0.25, -0.2) is 0 Å². The first-order valence-electron chi connectivity index (χ1n) is 5.22. The number of ether oxygens (including phenoxy) is 1. The van der Waals surface area contributed by atoms with E-state index in [0.717, 1.165) is 10.9 Å². The van der Waals surface area contributed by atoms with E-state index in [1.165, 1.54) is 0 Å². The fraction of sp³-hybridized carbons (Fsp3) is 0.154. The average molecular weight is 226 g/mol. The van der Waals surface area contributed by atoms with Gasteiger partial charge < -0.3 is 4.74 Å². The van der Waals surface area contributed by atoms with Crippen LogP contribution in [0.1, 0.15) is 12.8 Å². The molecule has 0 aliphatic carbocycles. The van der Waals surface area contributed by atoms with E-state index < -0.39 is 5.97 Å². The maximum Gasteiger partial charge on any atom is 0.312 e. The number of benzene rings is 1. The Kier molecular flexibility index (Phi) is 3.31. The molecule has 2 rings (SSSR count). The first-order chi connectivity index (χ1) is 8.29. The molecule has 0 N–H and O–H groups in total. The van der Waals surface area contributed by atoms with Crippen LogP contribution in [-0.2, 0) is 4.79 Å². The summed E-state index contributed by atoms with van der Waals surface area (Å²) in [5.41, 5.74) is 0.851. The van der Waals surface area contributed by atoms with Crippen LogP contribution in [0.25, 0.3) is 10.9 Å². The van der Waals surface area contributed by atoms with Gasteiger partial charge in [0.1, 0.15) is 5.75 Å².